The average molecular weight is 247 g/mol. The van der Waals surface area contributed by atoms with E-state index in [-0.39, 0.29) is 11.9 Å². The standard InChI is InChI=1S/C14H14FNS/c1-10(16)11-6-8-12(9-7-11)17-14-5-3-2-4-13(14)15/h2-10H,16H2,1H3. The molecule has 17 heavy (non-hydrogen) atoms. The van der Waals surface area contributed by atoms with Gasteiger partial charge in [-0.1, -0.05) is 36.0 Å². The van der Waals surface area contributed by atoms with Gasteiger partial charge in [-0.05, 0) is 36.8 Å². The summed E-state index contributed by atoms with van der Waals surface area (Å²) in [6, 6.07) is 14.7. The van der Waals surface area contributed by atoms with Gasteiger partial charge in [0.15, 0.2) is 0 Å². The van der Waals surface area contributed by atoms with Crippen LogP contribution in [0.1, 0.15) is 18.5 Å². The lowest BCUT2D eigenvalue weighted by atomic mass is 10.1. The smallest absolute Gasteiger partial charge is 0.137 e. The van der Waals surface area contributed by atoms with Gasteiger partial charge in [0.2, 0.25) is 0 Å². The molecular weight excluding hydrogens is 233 g/mol. The van der Waals surface area contributed by atoms with Crippen molar-refractivity contribution in [1.29, 1.82) is 0 Å². The Morgan fingerprint density at radius 1 is 1.06 bits per heavy atom. The maximum atomic E-state index is 13.4. The minimum absolute atomic E-state index is 0.0301. The summed E-state index contributed by atoms with van der Waals surface area (Å²) in [4.78, 5) is 1.65. The second-order valence-corrected chi connectivity index (χ2v) is 5.01. The van der Waals surface area contributed by atoms with Crippen molar-refractivity contribution < 1.29 is 4.39 Å². The molecule has 2 N–H and O–H groups in total. The van der Waals surface area contributed by atoms with Crippen LogP contribution in [0, 0.1) is 5.82 Å². The molecule has 2 rings (SSSR count). The van der Waals surface area contributed by atoms with E-state index in [4.69, 9.17) is 5.73 Å². The Morgan fingerprint density at radius 2 is 1.71 bits per heavy atom. The van der Waals surface area contributed by atoms with Crippen LogP contribution >= 0.6 is 11.8 Å². The molecule has 88 valence electrons. The molecule has 0 aliphatic rings. The zero-order valence-corrected chi connectivity index (χ0v) is 10.4. The van der Waals surface area contributed by atoms with Crippen molar-refractivity contribution in [3.63, 3.8) is 0 Å². The number of nitrogens with two attached hydrogens (primary N) is 1. The lowest BCUT2D eigenvalue weighted by Crippen LogP contribution is -2.04. The predicted octanol–water partition coefficient (Wildman–Crippen LogP) is 4.00. The molecule has 0 fully saturated rings. The van der Waals surface area contributed by atoms with Crippen LogP contribution in [0.15, 0.2) is 58.3 Å². The van der Waals surface area contributed by atoms with Crippen molar-refractivity contribution in [1.82, 2.24) is 0 Å². The summed E-state index contributed by atoms with van der Waals surface area (Å²) >= 11 is 1.42. The van der Waals surface area contributed by atoms with Gasteiger partial charge in [0.05, 0.1) is 0 Å². The molecule has 0 aliphatic carbocycles. The Kier molecular flexibility index (Phi) is 3.82. The summed E-state index contributed by atoms with van der Waals surface area (Å²) in [5, 5.41) is 0. The maximum Gasteiger partial charge on any atom is 0.137 e. The van der Waals surface area contributed by atoms with E-state index in [1.807, 2.05) is 37.3 Å². The van der Waals surface area contributed by atoms with Crippen LogP contribution < -0.4 is 5.73 Å². The van der Waals surface area contributed by atoms with Crippen molar-refractivity contribution in [3.8, 4) is 0 Å². The van der Waals surface area contributed by atoms with Crippen LogP contribution in [0.5, 0.6) is 0 Å². The van der Waals surface area contributed by atoms with E-state index in [2.05, 4.69) is 0 Å². The van der Waals surface area contributed by atoms with Crippen molar-refractivity contribution in [2.75, 3.05) is 0 Å². The van der Waals surface area contributed by atoms with Gasteiger partial charge in [-0.2, -0.15) is 0 Å². The van der Waals surface area contributed by atoms with Gasteiger partial charge in [0, 0.05) is 15.8 Å². The average Bonchev–Trinajstić information content (AvgIpc) is 2.33. The van der Waals surface area contributed by atoms with Crippen molar-refractivity contribution in [2.24, 2.45) is 5.73 Å². The fourth-order valence-electron chi connectivity index (χ4n) is 1.49. The number of benzene rings is 2. The molecule has 0 bridgehead atoms. The maximum absolute atomic E-state index is 13.4. The minimum Gasteiger partial charge on any atom is -0.324 e. The molecule has 0 amide bonds. The van der Waals surface area contributed by atoms with Crippen LogP contribution in [0.2, 0.25) is 0 Å². The van der Waals surface area contributed by atoms with E-state index in [0.29, 0.717) is 4.90 Å². The highest BCUT2D eigenvalue weighted by molar-refractivity contribution is 7.99. The Labute approximate surface area is 105 Å². The SMILES string of the molecule is CC(N)c1ccc(Sc2ccccc2F)cc1. The molecule has 0 aromatic heterocycles. The normalized spacial score (nSPS) is 12.4. The Hall–Kier alpha value is -1.32. The molecule has 0 spiro atoms. The van der Waals surface area contributed by atoms with Gasteiger partial charge < -0.3 is 5.73 Å². The first-order valence-corrected chi connectivity index (χ1v) is 6.26. The van der Waals surface area contributed by atoms with Crippen molar-refractivity contribution in [2.45, 2.75) is 22.8 Å². The van der Waals surface area contributed by atoms with E-state index in [9.17, 15) is 4.39 Å². The third-order valence-corrected chi connectivity index (χ3v) is 3.53. The molecule has 1 unspecified atom stereocenters. The quantitative estimate of drug-likeness (QED) is 0.887. The Balaban J connectivity index is 2.17. The molecule has 0 aliphatic heterocycles. The van der Waals surface area contributed by atoms with Crippen LogP contribution in [-0.4, -0.2) is 0 Å². The van der Waals surface area contributed by atoms with Crippen LogP contribution in [0.4, 0.5) is 4.39 Å². The summed E-state index contributed by atoms with van der Waals surface area (Å²) in [5.74, 6) is -0.186. The van der Waals surface area contributed by atoms with Crippen LogP contribution in [0.25, 0.3) is 0 Å². The molecule has 3 heteroatoms. The van der Waals surface area contributed by atoms with Gasteiger partial charge in [0.25, 0.3) is 0 Å². The predicted molar refractivity (Wildman–Crippen MR) is 69.6 cm³/mol. The molecule has 0 radical (unpaired) electrons. The number of hydrogen-bond acceptors (Lipinski definition) is 2. The van der Waals surface area contributed by atoms with Crippen molar-refractivity contribution >= 4 is 11.8 Å². The van der Waals surface area contributed by atoms with Gasteiger partial charge in [-0.15, -0.1) is 0 Å². The minimum atomic E-state index is -0.186. The van der Waals surface area contributed by atoms with Crippen LogP contribution in [0.3, 0.4) is 0 Å². The molecule has 0 heterocycles. The van der Waals surface area contributed by atoms with E-state index >= 15 is 0 Å². The lowest BCUT2D eigenvalue weighted by molar-refractivity contribution is 0.602. The highest BCUT2D eigenvalue weighted by Gasteiger charge is 2.04. The number of rotatable bonds is 3. The second kappa shape index (κ2) is 5.34. The number of halogens is 1. The molecule has 2 aromatic carbocycles. The fraction of sp³-hybridized carbons (Fsp3) is 0.143. The van der Waals surface area contributed by atoms with E-state index < -0.39 is 0 Å². The van der Waals surface area contributed by atoms with Gasteiger partial charge in [-0.3, -0.25) is 0 Å². The first kappa shape index (κ1) is 12.1. The third kappa shape index (κ3) is 3.08. The van der Waals surface area contributed by atoms with E-state index in [0.717, 1.165) is 10.5 Å². The lowest BCUT2D eigenvalue weighted by Gasteiger charge is -2.07. The largest absolute Gasteiger partial charge is 0.324 e. The molecule has 0 saturated heterocycles. The Bertz CT molecular complexity index is 494. The third-order valence-electron chi connectivity index (χ3n) is 2.47. The first-order chi connectivity index (χ1) is 8.16. The zero-order chi connectivity index (χ0) is 12.3. The van der Waals surface area contributed by atoms with Gasteiger partial charge >= 0.3 is 0 Å². The Morgan fingerprint density at radius 3 is 2.29 bits per heavy atom. The first-order valence-electron chi connectivity index (χ1n) is 5.45. The fourth-order valence-corrected chi connectivity index (χ4v) is 2.33. The summed E-state index contributed by atoms with van der Waals surface area (Å²) < 4.78 is 13.4. The van der Waals surface area contributed by atoms with Gasteiger partial charge in [0.1, 0.15) is 5.82 Å². The molecule has 1 nitrogen and oxygen atoms in total. The van der Waals surface area contributed by atoms with E-state index in [1.54, 1.807) is 12.1 Å². The zero-order valence-electron chi connectivity index (χ0n) is 9.56. The molecule has 1 atom stereocenters. The van der Waals surface area contributed by atoms with E-state index in [1.165, 1.54) is 17.8 Å². The van der Waals surface area contributed by atoms with Crippen LogP contribution in [-0.2, 0) is 0 Å². The summed E-state index contributed by atoms with van der Waals surface area (Å²) in [6.07, 6.45) is 0. The summed E-state index contributed by atoms with van der Waals surface area (Å²) in [6.45, 7) is 1.94. The summed E-state index contributed by atoms with van der Waals surface area (Å²) in [5.41, 5.74) is 6.86. The molecular formula is C14H14FNS. The monoisotopic (exact) mass is 247 g/mol. The highest BCUT2D eigenvalue weighted by Crippen LogP contribution is 2.30. The second-order valence-electron chi connectivity index (χ2n) is 3.89. The summed E-state index contributed by atoms with van der Waals surface area (Å²) in [7, 11) is 0. The molecule has 0 saturated carbocycles. The highest BCUT2D eigenvalue weighted by atomic mass is 32.2. The number of hydrogen-bond donors (Lipinski definition) is 1. The topological polar surface area (TPSA) is 26.0 Å². The van der Waals surface area contributed by atoms with Crippen molar-refractivity contribution in [3.05, 3.63) is 59.9 Å². The molecule has 2 aromatic rings. The van der Waals surface area contributed by atoms with Gasteiger partial charge in [-0.25, -0.2) is 4.39 Å².